The van der Waals surface area contributed by atoms with Crippen LogP contribution in [0.2, 0.25) is 0 Å². The number of hydrogen-bond donors (Lipinski definition) is 1. The highest BCUT2D eigenvalue weighted by molar-refractivity contribution is 5.10. The van der Waals surface area contributed by atoms with E-state index in [-0.39, 0.29) is 0 Å². The van der Waals surface area contributed by atoms with Crippen molar-refractivity contribution >= 4 is 0 Å². The second kappa shape index (κ2) is 6.30. The van der Waals surface area contributed by atoms with Gasteiger partial charge in [0, 0.05) is 18.3 Å². The maximum Gasteiger partial charge on any atom is 0.0596 e. The Bertz CT molecular complexity index is 427. The van der Waals surface area contributed by atoms with E-state index < -0.39 is 0 Å². The SMILES string of the molecule is CCn1nc(C)cc1CC(CNC1CC1)C1CCCC1. The maximum absolute atomic E-state index is 4.61. The molecular weight excluding hydrogens is 246 g/mol. The third-order valence-corrected chi connectivity index (χ3v) is 5.07. The molecular formula is C17H29N3. The van der Waals surface area contributed by atoms with Crippen molar-refractivity contribution in [2.75, 3.05) is 6.54 Å². The van der Waals surface area contributed by atoms with E-state index in [1.807, 2.05) is 0 Å². The van der Waals surface area contributed by atoms with Gasteiger partial charge in [0.05, 0.1) is 5.69 Å². The molecule has 1 heterocycles. The van der Waals surface area contributed by atoms with Crippen molar-refractivity contribution in [3.8, 4) is 0 Å². The van der Waals surface area contributed by atoms with E-state index in [1.165, 1.54) is 62.9 Å². The summed E-state index contributed by atoms with van der Waals surface area (Å²) in [4.78, 5) is 0. The number of rotatable bonds is 7. The van der Waals surface area contributed by atoms with E-state index in [0.29, 0.717) is 0 Å². The standard InChI is InChI=1S/C17H29N3/c1-3-20-17(10-13(2)19-20)11-15(12-18-16-8-9-16)14-6-4-5-7-14/h10,14-16,18H,3-9,11-12H2,1-2H3. The van der Waals surface area contributed by atoms with Gasteiger partial charge in [-0.2, -0.15) is 5.10 Å². The van der Waals surface area contributed by atoms with Crippen LogP contribution in [0, 0.1) is 18.8 Å². The highest BCUT2D eigenvalue weighted by Crippen LogP contribution is 2.33. The van der Waals surface area contributed by atoms with Gasteiger partial charge >= 0.3 is 0 Å². The average molecular weight is 275 g/mol. The molecule has 20 heavy (non-hydrogen) atoms. The quantitative estimate of drug-likeness (QED) is 0.827. The molecule has 2 fully saturated rings. The smallest absolute Gasteiger partial charge is 0.0596 e. The van der Waals surface area contributed by atoms with E-state index in [9.17, 15) is 0 Å². The molecule has 3 rings (SSSR count). The van der Waals surface area contributed by atoms with Crippen LogP contribution < -0.4 is 5.32 Å². The molecule has 1 atom stereocenters. The third kappa shape index (κ3) is 3.43. The zero-order chi connectivity index (χ0) is 13.9. The van der Waals surface area contributed by atoms with Crippen molar-refractivity contribution in [1.29, 1.82) is 0 Å². The maximum atomic E-state index is 4.61. The van der Waals surface area contributed by atoms with Crippen molar-refractivity contribution in [2.45, 2.75) is 71.4 Å². The Morgan fingerprint density at radius 3 is 2.70 bits per heavy atom. The zero-order valence-electron chi connectivity index (χ0n) is 13.1. The monoisotopic (exact) mass is 275 g/mol. The van der Waals surface area contributed by atoms with E-state index in [2.05, 4.69) is 35.0 Å². The average Bonchev–Trinajstić information content (AvgIpc) is 2.97. The summed E-state index contributed by atoms with van der Waals surface area (Å²) in [5, 5.41) is 8.38. The molecule has 1 aromatic heterocycles. The van der Waals surface area contributed by atoms with E-state index in [1.54, 1.807) is 0 Å². The Morgan fingerprint density at radius 1 is 1.30 bits per heavy atom. The number of aromatic nitrogens is 2. The number of hydrogen-bond acceptors (Lipinski definition) is 2. The molecule has 2 aliphatic rings. The highest BCUT2D eigenvalue weighted by Gasteiger charge is 2.28. The summed E-state index contributed by atoms with van der Waals surface area (Å²) in [7, 11) is 0. The summed E-state index contributed by atoms with van der Waals surface area (Å²) >= 11 is 0. The molecule has 1 unspecified atom stereocenters. The minimum Gasteiger partial charge on any atom is -0.314 e. The molecule has 1 aromatic rings. The van der Waals surface area contributed by atoms with Gasteiger partial charge in [-0.25, -0.2) is 0 Å². The van der Waals surface area contributed by atoms with E-state index >= 15 is 0 Å². The van der Waals surface area contributed by atoms with Crippen LogP contribution in [-0.4, -0.2) is 22.4 Å². The van der Waals surface area contributed by atoms with Gasteiger partial charge < -0.3 is 5.32 Å². The van der Waals surface area contributed by atoms with Gasteiger partial charge in [-0.1, -0.05) is 25.7 Å². The normalized spacial score (nSPS) is 21.5. The van der Waals surface area contributed by atoms with Crippen LogP contribution in [0.3, 0.4) is 0 Å². The molecule has 0 saturated heterocycles. The fraction of sp³-hybridized carbons (Fsp3) is 0.824. The minimum absolute atomic E-state index is 0.805. The highest BCUT2D eigenvalue weighted by atomic mass is 15.3. The van der Waals surface area contributed by atoms with Gasteiger partial charge in [0.2, 0.25) is 0 Å². The van der Waals surface area contributed by atoms with Crippen molar-refractivity contribution in [2.24, 2.45) is 11.8 Å². The Hall–Kier alpha value is -0.830. The predicted molar refractivity (Wildman–Crippen MR) is 82.8 cm³/mol. The van der Waals surface area contributed by atoms with Gasteiger partial charge in [-0.05, 0) is 57.6 Å². The lowest BCUT2D eigenvalue weighted by Crippen LogP contribution is -2.31. The first-order valence-electron chi connectivity index (χ1n) is 8.53. The van der Waals surface area contributed by atoms with Crippen LogP contribution in [0.15, 0.2) is 6.07 Å². The Morgan fingerprint density at radius 2 is 2.05 bits per heavy atom. The van der Waals surface area contributed by atoms with Crippen LogP contribution >= 0.6 is 0 Å². The third-order valence-electron chi connectivity index (χ3n) is 5.07. The molecule has 2 saturated carbocycles. The van der Waals surface area contributed by atoms with Gasteiger partial charge in [0.1, 0.15) is 0 Å². The topological polar surface area (TPSA) is 29.9 Å². The number of nitrogens with zero attached hydrogens (tertiary/aromatic N) is 2. The van der Waals surface area contributed by atoms with Crippen molar-refractivity contribution < 1.29 is 0 Å². The van der Waals surface area contributed by atoms with Crippen molar-refractivity contribution in [3.63, 3.8) is 0 Å². The molecule has 0 amide bonds. The van der Waals surface area contributed by atoms with Crippen LogP contribution in [0.5, 0.6) is 0 Å². The lowest BCUT2D eigenvalue weighted by molar-refractivity contribution is 0.313. The summed E-state index contributed by atoms with van der Waals surface area (Å²) in [5.74, 6) is 1.74. The molecule has 0 bridgehead atoms. The predicted octanol–water partition coefficient (Wildman–Crippen LogP) is 3.31. The van der Waals surface area contributed by atoms with Gasteiger partial charge in [-0.3, -0.25) is 4.68 Å². The second-order valence-corrected chi connectivity index (χ2v) is 6.78. The summed E-state index contributed by atoms with van der Waals surface area (Å²) in [6.07, 6.45) is 9.76. The molecule has 3 nitrogen and oxygen atoms in total. The molecule has 3 heteroatoms. The fourth-order valence-corrected chi connectivity index (χ4v) is 3.75. The van der Waals surface area contributed by atoms with Crippen LogP contribution in [0.1, 0.15) is 56.8 Å². The molecule has 0 aromatic carbocycles. The van der Waals surface area contributed by atoms with E-state index in [0.717, 1.165) is 24.4 Å². The Kier molecular flexibility index (Phi) is 4.45. The Labute approximate surface area is 123 Å². The molecule has 2 aliphatic carbocycles. The van der Waals surface area contributed by atoms with Crippen LogP contribution in [-0.2, 0) is 13.0 Å². The summed E-state index contributed by atoms with van der Waals surface area (Å²) in [6.45, 7) is 6.52. The zero-order valence-corrected chi connectivity index (χ0v) is 13.1. The lowest BCUT2D eigenvalue weighted by Gasteiger charge is -2.24. The van der Waals surface area contributed by atoms with Crippen molar-refractivity contribution in [3.05, 3.63) is 17.5 Å². The summed E-state index contributed by atoms with van der Waals surface area (Å²) < 4.78 is 2.20. The van der Waals surface area contributed by atoms with Gasteiger partial charge in [0.25, 0.3) is 0 Å². The summed E-state index contributed by atoms with van der Waals surface area (Å²) in [5.41, 5.74) is 2.61. The number of aryl methyl sites for hydroxylation is 2. The number of nitrogens with one attached hydrogen (secondary N) is 1. The molecule has 1 N–H and O–H groups in total. The lowest BCUT2D eigenvalue weighted by atomic mass is 9.87. The van der Waals surface area contributed by atoms with Crippen LogP contribution in [0.4, 0.5) is 0 Å². The van der Waals surface area contributed by atoms with E-state index in [4.69, 9.17) is 0 Å². The molecule has 112 valence electrons. The first-order chi connectivity index (χ1) is 9.76. The second-order valence-electron chi connectivity index (χ2n) is 6.78. The fourth-order valence-electron chi connectivity index (χ4n) is 3.75. The Balaban J connectivity index is 1.66. The van der Waals surface area contributed by atoms with Gasteiger partial charge in [0.15, 0.2) is 0 Å². The van der Waals surface area contributed by atoms with Crippen molar-refractivity contribution in [1.82, 2.24) is 15.1 Å². The first-order valence-corrected chi connectivity index (χ1v) is 8.53. The minimum atomic E-state index is 0.805. The molecule has 0 aliphatic heterocycles. The molecule has 0 radical (unpaired) electrons. The van der Waals surface area contributed by atoms with Crippen LogP contribution in [0.25, 0.3) is 0 Å². The largest absolute Gasteiger partial charge is 0.314 e. The molecule has 0 spiro atoms. The summed E-state index contributed by atoms with van der Waals surface area (Å²) in [6, 6.07) is 3.12. The van der Waals surface area contributed by atoms with Gasteiger partial charge in [-0.15, -0.1) is 0 Å². The first kappa shape index (κ1) is 14.1.